The maximum atomic E-state index is 11.2. The Morgan fingerprint density at radius 2 is 2.15 bits per heavy atom. The third-order valence-electron chi connectivity index (χ3n) is 3.12. The van der Waals surface area contributed by atoms with E-state index in [1.165, 1.54) is 6.07 Å². The monoisotopic (exact) mass is 287 g/mol. The van der Waals surface area contributed by atoms with E-state index < -0.39 is 0 Å². The highest BCUT2D eigenvalue weighted by Gasteiger charge is 2.18. The Hall–Kier alpha value is -2.40. The first-order valence-corrected chi connectivity index (χ1v) is 6.29. The average Bonchev–Trinajstić information content (AvgIpc) is 2.81. The van der Waals surface area contributed by atoms with Crippen molar-refractivity contribution in [3.8, 4) is 17.0 Å². The minimum absolute atomic E-state index is 0.000333. The Balaban J connectivity index is 2.39. The number of pyridine rings is 1. The first-order chi connectivity index (χ1) is 9.61. The summed E-state index contributed by atoms with van der Waals surface area (Å²) in [5.41, 5.74) is 2.23. The van der Waals surface area contributed by atoms with Crippen molar-refractivity contribution in [1.29, 1.82) is 0 Å². The lowest BCUT2D eigenvalue weighted by Crippen LogP contribution is -1.85. The Bertz CT molecular complexity index is 827. The Morgan fingerprint density at radius 1 is 1.35 bits per heavy atom. The number of phenols is 1. The van der Waals surface area contributed by atoms with E-state index in [2.05, 4.69) is 10.2 Å². The fourth-order valence-electron chi connectivity index (χ4n) is 2.16. The van der Waals surface area contributed by atoms with Crippen molar-refractivity contribution in [3.05, 3.63) is 52.0 Å². The summed E-state index contributed by atoms with van der Waals surface area (Å²) >= 11 is 5.94. The second-order valence-electron chi connectivity index (χ2n) is 4.42. The van der Waals surface area contributed by atoms with Crippen molar-refractivity contribution in [3.63, 3.8) is 0 Å². The number of fused-ring (bicyclic) bond motifs is 1. The summed E-state index contributed by atoms with van der Waals surface area (Å²) in [7, 11) is 0. The van der Waals surface area contributed by atoms with Gasteiger partial charge in [-0.3, -0.25) is 4.40 Å². The highest BCUT2D eigenvalue weighted by molar-refractivity contribution is 6.31. The molecule has 0 saturated carbocycles. The van der Waals surface area contributed by atoms with Crippen molar-refractivity contribution < 1.29 is 5.11 Å². The Labute approximate surface area is 119 Å². The Morgan fingerprint density at radius 3 is 2.90 bits per heavy atom. The van der Waals surface area contributed by atoms with E-state index in [1.807, 2.05) is 13.0 Å². The first kappa shape index (κ1) is 12.6. The second-order valence-corrected chi connectivity index (χ2v) is 4.86. The number of hydrogen-bond acceptors (Lipinski definition) is 4. The zero-order valence-electron chi connectivity index (χ0n) is 10.5. The van der Waals surface area contributed by atoms with Gasteiger partial charge in [0, 0.05) is 16.8 Å². The maximum absolute atomic E-state index is 11.2. The van der Waals surface area contributed by atoms with E-state index in [4.69, 9.17) is 11.6 Å². The van der Waals surface area contributed by atoms with Gasteiger partial charge in [-0.25, -0.2) is 4.98 Å². The molecule has 0 aliphatic heterocycles. The molecule has 20 heavy (non-hydrogen) atoms. The van der Waals surface area contributed by atoms with Crippen LogP contribution in [0.2, 0.25) is 5.02 Å². The summed E-state index contributed by atoms with van der Waals surface area (Å²) in [6.45, 7) is 1.89. The van der Waals surface area contributed by atoms with Crippen LogP contribution in [0.1, 0.15) is 5.56 Å². The molecule has 0 aliphatic rings. The largest absolute Gasteiger partial charge is 0.507 e. The predicted molar refractivity (Wildman–Crippen MR) is 77.5 cm³/mol. The average molecular weight is 288 g/mol. The smallest absolute Gasteiger partial charge is 0.209 e. The van der Waals surface area contributed by atoms with Gasteiger partial charge >= 0.3 is 0 Å². The molecule has 6 heteroatoms. The number of benzene rings is 1. The van der Waals surface area contributed by atoms with Gasteiger partial charge in [0.2, 0.25) is 5.82 Å². The molecule has 2 aromatic heterocycles. The number of nitrogens with zero attached hydrogens (tertiary/aromatic N) is 3. The lowest BCUT2D eigenvalue weighted by atomic mass is 10.1. The van der Waals surface area contributed by atoms with Crippen LogP contribution in [0.4, 0.5) is 5.82 Å². The van der Waals surface area contributed by atoms with E-state index in [-0.39, 0.29) is 11.6 Å². The number of aryl methyl sites for hydroxylation is 1. The van der Waals surface area contributed by atoms with Crippen LogP contribution >= 0.6 is 11.6 Å². The normalized spacial score (nSPS) is 10.9. The number of halogens is 1. The summed E-state index contributed by atoms with van der Waals surface area (Å²) in [5.74, 6) is 0.140. The summed E-state index contributed by atoms with van der Waals surface area (Å²) in [5, 5.41) is 13.4. The number of nitroso groups, excluding NO2 is 1. The Kier molecular flexibility index (Phi) is 2.91. The van der Waals surface area contributed by atoms with E-state index in [1.54, 1.807) is 28.8 Å². The second kappa shape index (κ2) is 4.61. The molecular formula is C14H10ClN3O2. The molecule has 3 aromatic rings. The lowest BCUT2D eigenvalue weighted by Gasteiger charge is -2.02. The van der Waals surface area contributed by atoms with Crippen LogP contribution in [0.3, 0.4) is 0 Å². The summed E-state index contributed by atoms with van der Waals surface area (Å²) in [6, 6.07) is 8.28. The molecule has 0 fully saturated rings. The molecule has 100 valence electrons. The zero-order chi connectivity index (χ0) is 14.3. The number of aromatic nitrogens is 2. The van der Waals surface area contributed by atoms with Crippen molar-refractivity contribution in [2.24, 2.45) is 5.18 Å². The standard InChI is InChI=1S/C14H10ClN3O2/c1-8-3-2-6-18-13(8)16-12(14(18)17-20)10-7-9(15)4-5-11(10)19/h2-7,19H,1H3. The zero-order valence-corrected chi connectivity index (χ0v) is 11.3. The van der Waals surface area contributed by atoms with Gasteiger partial charge in [0.05, 0.1) is 0 Å². The summed E-state index contributed by atoms with van der Waals surface area (Å²) in [6.07, 6.45) is 1.71. The quantitative estimate of drug-likeness (QED) is 0.723. The van der Waals surface area contributed by atoms with Gasteiger partial charge in [0.25, 0.3) is 0 Å². The maximum Gasteiger partial charge on any atom is 0.209 e. The molecule has 3 rings (SSSR count). The number of imidazole rings is 1. The van der Waals surface area contributed by atoms with Crippen LogP contribution < -0.4 is 0 Å². The van der Waals surface area contributed by atoms with Crippen molar-refractivity contribution in [1.82, 2.24) is 9.38 Å². The number of rotatable bonds is 2. The van der Waals surface area contributed by atoms with Gasteiger partial charge in [-0.2, -0.15) is 0 Å². The third-order valence-corrected chi connectivity index (χ3v) is 3.36. The van der Waals surface area contributed by atoms with Crippen molar-refractivity contribution in [2.75, 3.05) is 0 Å². The van der Waals surface area contributed by atoms with Crippen molar-refractivity contribution in [2.45, 2.75) is 6.92 Å². The predicted octanol–water partition coefficient (Wildman–Crippen LogP) is 4.07. The molecule has 0 unspecified atom stereocenters. The molecule has 0 bridgehead atoms. The van der Waals surface area contributed by atoms with Crippen LogP contribution in [0.5, 0.6) is 5.75 Å². The highest BCUT2D eigenvalue weighted by atomic mass is 35.5. The molecule has 2 heterocycles. The summed E-state index contributed by atoms with van der Waals surface area (Å²) in [4.78, 5) is 15.6. The third kappa shape index (κ3) is 1.83. The van der Waals surface area contributed by atoms with Gasteiger partial charge in [0.15, 0.2) is 0 Å². The SMILES string of the molecule is Cc1cccn2c(N=O)c(-c3cc(Cl)ccc3O)nc12. The minimum Gasteiger partial charge on any atom is -0.507 e. The first-order valence-electron chi connectivity index (χ1n) is 5.91. The number of phenolic OH excluding ortho intramolecular Hbond substituents is 1. The topological polar surface area (TPSA) is 67.0 Å². The molecule has 0 aliphatic carbocycles. The molecule has 0 atom stereocenters. The van der Waals surface area contributed by atoms with E-state index in [9.17, 15) is 10.0 Å². The van der Waals surface area contributed by atoms with E-state index in [0.717, 1.165) is 5.56 Å². The molecule has 0 radical (unpaired) electrons. The van der Waals surface area contributed by atoms with Crippen LogP contribution in [0, 0.1) is 11.8 Å². The molecule has 0 saturated heterocycles. The van der Waals surface area contributed by atoms with Gasteiger partial charge in [0.1, 0.15) is 17.1 Å². The van der Waals surface area contributed by atoms with Gasteiger partial charge in [-0.1, -0.05) is 17.7 Å². The summed E-state index contributed by atoms with van der Waals surface area (Å²) < 4.78 is 1.60. The van der Waals surface area contributed by atoms with Crippen LogP contribution in [-0.2, 0) is 0 Å². The van der Waals surface area contributed by atoms with Crippen LogP contribution in [-0.4, -0.2) is 14.5 Å². The highest BCUT2D eigenvalue weighted by Crippen LogP contribution is 2.37. The fourth-order valence-corrected chi connectivity index (χ4v) is 2.33. The fraction of sp³-hybridized carbons (Fsp3) is 0.0714. The molecule has 5 nitrogen and oxygen atoms in total. The van der Waals surface area contributed by atoms with E-state index in [0.29, 0.717) is 21.9 Å². The van der Waals surface area contributed by atoms with Crippen LogP contribution in [0.25, 0.3) is 16.9 Å². The number of aromatic hydroxyl groups is 1. The van der Waals surface area contributed by atoms with Crippen molar-refractivity contribution >= 4 is 23.1 Å². The lowest BCUT2D eigenvalue weighted by molar-refractivity contribution is 0.477. The molecule has 1 aromatic carbocycles. The minimum atomic E-state index is 0.000333. The van der Waals surface area contributed by atoms with Gasteiger partial charge in [-0.15, -0.1) is 4.91 Å². The van der Waals surface area contributed by atoms with E-state index >= 15 is 0 Å². The molecule has 1 N–H and O–H groups in total. The molecule has 0 amide bonds. The molecule has 0 spiro atoms. The van der Waals surface area contributed by atoms with Gasteiger partial charge < -0.3 is 5.11 Å². The van der Waals surface area contributed by atoms with Crippen LogP contribution in [0.15, 0.2) is 41.7 Å². The van der Waals surface area contributed by atoms with Gasteiger partial charge in [-0.05, 0) is 41.9 Å². The molecular weight excluding hydrogens is 278 g/mol. The number of hydrogen-bond donors (Lipinski definition) is 1.